The molecule has 1 fully saturated rings. The van der Waals surface area contributed by atoms with Crippen molar-refractivity contribution in [3.8, 4) is 17.2 Å². The number of para-hydroxylation sites is 1. The van der Waals surface area contributed by atoms with Crippen molar-refractivity contribution < 1.29 is 18.7 Å². The number of nitrogens with zero attached hydrogens (tertiary/aromatic N) is 4. The molecule has 39 heavy (non-hydrogen) atoms. The summed E-state index contributed by atoms with van der Waals surface area (Å²) in [6.07, 6.45) is 0. The van der Waals surface area contributed by atoms with Gasteiger partial charge >= 0.3 is 0 Å². The minimum absolute atomic E-state index is 0.0204. The van der Waals surface area contributed by atoms with Crippen LogP contribution in [-0.4, -0.2) is 66.0 Å². The summed E-state index contributed by atoms with van der Waals surface area (Å²) >= 11 is 4.61. The number of methoxy groups -OCH3 is 1. The Morgan fingerprint density at radius 2 is 1.77 bits per heavy atom. The van der Waals surface area contributed by atoms with E-state index in [0.717, 1.165) is 28.8 Å². The number of hydrogen-bond acceptors (Lipinski definition) is 8. The number of ether oxygens (including phenoxy) is 1. The lowest BCUT2D eigenvalue weighted by atomic mass is 10.1. The van der Waals surface area contributed by atoms with Crippen LogP contribution >= 0.6 is 27.7 Å². The van der Waals surface area contributed by atoms with E-state index >= 15 is 0 Å². The van der Waals surface area contributed by atoms with Gasteiger partial charge in [-0.1, -0.05) is 45.9 Å². The van der Waals surface area contributed by atoms with Gasteiger partial charge < -0.3 is 24.3 Å². The number of benzene rings is 3. The third-order valence-electron chi connectivity index (χ3n) is 6.23. The molecule has 2 amide bonds. The first-order valence-corrected chi connectivity index (χ1v) is 14.1. The van der Waals surface area contributed by atoms with Crippen molar-refractivity contribution in [3.63, 3.8) is 0 Å². The Balaban J connectivity index is 1.09. The van der Waals surface area contributed by atoms with E-state index in [4.69, 9.17) is 9.15 Å². The topological polar surface area (TPSA) is 101 Å². The van der Waals surface area contributed by atoms with Crippen LogP contribution in [0.1, 0.15) is 10.4 Å². The summed E-state index contributed by atoms with van der Waals surface area (Å²) in [5.74, 6) is 0.943. The maximum absolute atomic E-state index is 13.0. The van der Waals surface area contributed by atoms with Crippen LogP contribution in [0.3, 0.4) is 0 Å². The van der Waals surface area contributed by atoms with E-state index in [1.165, 1.54) is 11.8 Å². The van der Waals surface area contributed by atoms with E-state index < -0.39 is 0 Å². The number of nitrogens with one attached hydrogen (secondary N) is 1. The SMILES string of the molecule is COc1ccccc1C(=O)N1CCN(c2ccc(NC(=O)CSc3nnc(-c4cccc(Br)c4)o3)cc2)CC1. The molecule has 1 N–H and O–H groups in total. The van der Waals surface area contributed by atoms with E-state index in [1.54, 1.807) is 19.2 Å². The molecule has 0 atom stereocenters. The average Bonchev–Trinajstić information content (AvgIpc) is 3.45. The molecule has 1 aliphatic rings. The van der Waals surface area contributed by atoms with E-state index in [0.29, 0.717) is 41.2 Å². The van der Waals surface area contributed by atoms with Crippen molar-refractivity contribution >= 4 is 50.9 Å². The van der Waals surface area contributed by atoms with Gasteiger partial charge in [-0.05, 0) is 54.6 Å². The van der Waals surface area contributed by atoms with Gasteiger partial charge in [0.15, 0.2) is 0 Å². The summed E-state index contributed by atoms with van der Waals surface area (Å²) in [6.45, 7) is 2.67. The molecular weight excluding hydrogens is 582 g/mol. The summed E-state index contributed by atoms with van der Waals surface area (Å²) in [7, 11) is 1.57. The number of rotatable bonds is 8. The largest absolute Gasteiger partial charge is 0.496 e. The minimum atomic E-state index is -0.168. The number of hydrogen-bond donors (Lipinski definition) is 1. The molecule has 0 radical (unpaired) electrons. The second kappa shape index (κ2) is 12.4. The molecule has 0 spiro atoms. The van der Waals surface area contributed by atoms with Gasteiger partial charge in [0.1, 0.15) is 5.75 Å². The molecule has 11 heteroatoms. The minimum Gasteiger partial charge on any atom is -0.496 e. The van der Waals surface area contributed by atoms with Gasteiger partial charge in [-0.25, -0.2) is 0 Å². The van der Waals surface area contributed by atoms with Crippen LogP contribution in [0, 0.1) is 0 Å². The molecule has 9 nitrogen and oxygen atoms in total. The molecule has 0 aliphatic carbocycles. The zero-order valence-electron chi connectivity index (χ0n) is 21.2. The molecule has 200 valence electrons. The predicted molar refractivity (Wildman–Crippen MR) is 154 cm³/mol. The molecular formula is C28H26BrN5O4S. The van der Waals surface area contributed by atoms with Gasteiger partial charge in [0.25, 0.3) is 11.1 Å². The fraction of sp³-hybridized carbons (Fsp3) is 0.214. The number of aromatic nitrogens is 2. The third kappa shape index (κ3) is 6.61. The van der Waals surface area contributed by atoms with Crippen LogP contribution in [0.25, 0.3) is 11.5 Å². The lowest BCUT2D eigenvalue weighted by molar-refractivity contribution is -0.113. The summed E-state index contributed by atoms with van der Waals surface area (Å²) < 4.78 is 11.9. The summed E-state index contributed by atoms with van der Waals surface area (Å²) in [4.78, 5) is 29.5. The lowest BCUT2D eigenvalue weighted by Crippen LogP contribution is -2.48. The Bertz CT molecular complexity index is 1450. The lowest BCUT2D eigenvalue weighted by Gasteiger charge is -2.36. The Hall–Kier alpha value is -3.83. The summed E-state index contributed by atoms with van der Waals surface area (Å²) in [6, 6.07) is 22.6. The van der Waals surface area contributed by atoms with Crippen molar-refractivity contribution in [1.29, 1.82) is 0 Å². The molecule has 1 saturated heterocycles. The van der Waals surface area contributed by atoms with Crippen LogP contribution in [-0.2, 0) is 4.79 Å². The van der Waals surface area contributed by atoms with E-state index in [-0.39, 0.29) is 17.6 Å². The van der Waals surface area contributed by atoms with Crippen LogP contribution in [0.5, 0.6) is 5.75 Å². The number of anilines is 2. The number of carbonyl (C=O) groups excluding carboxylic acids is 2. The molecule has 4 aromatic rings. The molecule has 0 unspecified atom stereocenters. The second-order valence-corrected chi connectivity index (χ2v) is 10.6. The van der Waals surface area contributed by atoms with Crippen LogP contribution in [0.15, 0.2) is 86.9 Å². The Kier molecular flexibility index (Phi) is 8.48. The number of piperazine rings is 1. The van der Waals surface area contributed by atoms with Gasteiger partial charge in [0, 0.05) is 47.6 Å². The first-order valence-electron chi connectivity index (χ1n) is 12.3. The number of halogens is 1. The van der Waals surface area contributed by atoms with Gasteiger partial charge in [0.2, 0.25) is 11.8 Å². The first-order chi connectivity index (χ1) is 19.0. The molecule has 3 aromatic carbocycles. The van der Waals surface area contributed by atoms with Gasteiger partial charge in [0.05, 0.1) is 18.4 Å². The highest BCUT2D eigenvalue weighted by molar-refractivity contribution is 9.10. The standard InChI is InChI=1S/C28H26BrN5O4S/c1-37-24-8-3-2-7-23(24)27(36)34-15-13-33(14-16-34)22-11-9-21(10-12-22)30-25(35)18-39-28-32-31-26(38-28)19-5-4-6-20(29)17-19/h2-12,17H,13-16,18H2,1H3,(H,30,35). The highest BCUT2D eigenvalue weighted by Gasteiger charge is 2.24. The zero-order valence-corrected chi connectivity index (χ0v) is 23.6. The molecule has 0 bridgehead atoms. The summed E-state index contributed by atoms with van der Waals surface area (Å²) in [5.41, 5.74) is 3.13. The van der Waals surface area contributed by atoms with Gasteiger partial charge in [-0.2, -0.15) is 0 Å². The van der Waals surface area contributed by atoms with E-state index in [1.807, 2.05) is 65.6 Å². The molecule has 5 rings (SSSR count). The van der Waals surface area contributed by atoms with Gasteiger partial charge in [-0.15, -0.1) is 10.2 Å². The number of carbonyl (C=O) groups is 2. The molecule has 1 aliphatic heterocycles. The van der Waals surface area contributed by atoms with Crippen molar-refractivity contribution in [2.24, 2.45) is 0 Å². The van der Waals surface area contributed by atoms with Crippen molar-refractivity contribution in [3.05, 3.63) is 82.8 Å². The molecule has 0 saturated carbocycles. The van der Waals surface area contributed by atoms with Crippen LogP contribution in [0.4, 0.5) is 11.4 Å². The Morgan fingerprint density at radius 3 is 2.51 bits per heavy atom. The van der Waals surface area contributed by atoms with Crippen LogP contribution < -0.4 is 15.0 Å². The quantitative estimate of drug-likeness (QED) is 0.273. The second-order valence-electron chi connectivity index (χ2n) is 8.75. The smallest absolute Gasteiger partial charge is 0.277 e. The number of amides is 2. The van der Waals surface area contributed by atoms with E-state index in [9.17, 15) is 9.59 Å². The molecule has 1 aromatic heterocycles. The first kappa shape index (κ1) is 26.8. The van der Waals surface area contributed by atoms with Crippen LogP contribution in [0.2, 0.25) is 0 Å². The third-order valence-corrected chi connectivity index (χ3v) is 7.54. The fourth-order valence-corrected chi connectivity index (χ4v) is 5.21. The Labute approximate surface area is 238 Å². The fourth-order valence-electron chi connectivity index (χ4n) is 4.25. The Morgan fingerprint density at radius 1 is 1.00 bits per heavy atom. The predicted octanol–water partition coefficient (Wildman–Crippen LogP) is 5.20. The number of thioether (sulfide) groups is 1. The summed E-state index contributed by atoms with van der Waals surface area (Å²) in [5, 5.41) is 11.3. The average molecular weight is 609 g/mol. The normalized spacial score (nSPS) is 13.3. The molecule has 2 heterocycles. The van der Waals surface area contributed by atoms with Crippen molar-refractivity contribution in [1.82, 2.24) is 15.1 Å². The monoisotopic (exact) mass is 607 g/mol. The maximum atomic E-state index is 13.0. The maximum Gasteiger partial charge on any atom is 0.277 e. The van der Waals surface area contributed by atoms with Crippen molar-refractivity contribution in [2.75, 3.05) is 49.3 Å². The van der Waals surface area contributed by atoms with Gasteiger partial charge in [-0.3, -0.25) is 9.59 Å². The highest BCUT2D eigenvalue weighted by Crippen LogP contribution is 2.26. The van der Waals surface area contributed by atoms with E-state index in [2.05, 4.69) is 36.3 Å². The highest BCUT2D eigenvalue weighted by atomic mass is 79.9. The zero-order chi connectivity index (χ0) is 27.2. The van der Waals surface area contributed by atoms with Crippen molar-refractivity contribution in [2.45, 2.75) is 5.22 Å².